The van der Waals surface area contributed by atoms with Crippen LogP contribution in [0.3, 0.4) is 0 Å². The summed E-state index contributed by atoms with van der Waals surface area (Å²) in [5.41, 5.74) is 3.91. The van der Waals surface area contributed by atoms with Crippen LogP contribution in [0.4, 0.5) is 5.69 Å². The number of morpholine rings is 1. The summed E-state index contributed by atoms with van der Waals surface area (Å²) in [6.45, 7) is 14.6. The first-order valence-electron chi connectivity index (χ1n) is 16.3. The van der Waals surface area contributed by atoms with E-state index in [1.807, 2.05) is 58.7 Å². The molecular formula is C36H49N7O3. The zero-order chi connectivity index (χ0) is 33.7. The zero-order valence-electron chi connectivity index (χ0n) is 28.5. The monoisotopic (exact) mass is 627 g/mol. The summed E-state index contributed by atoms with van der Waals surface area (Å²) in [7, 11) is 3.55. The molecule has 2 aliphatic rings. The van der Waals surface area contributed by atoms with E-state index in [1.165, 1.54) is 16.6 Å². The average Bonchev–Trinajstić information content (AvgIpc) is 3.07. The molecule has 1 saturated carbocycles. The van der Waals surface area contributed by atoms with Gasteiger partial charge >= 0.3 is 0 Å². The molecule has 0 N–H and O–H groups in total. The maximum Gasteiger partial charge on any atom is 0.270 e. The molecule has 0 unspecified atom stereocenters. The molecule has 46 heavy (non-hydrogen) atoms. The number of ether oxygens (including phenoxy) is 1. The minimum Gasteiger partial charge on any atom is -0.390 e. The molecule has 2 aromatic heterocycles. The Morgan fingerprint density at radius 1 is 1.09 bits per heavy atom. The average molecular weight is 628 g/mol. The van der Waals surface area contributed by atoms with Gasteiger partial charge in [-0.2, -0.15) is 10.5 Å². The topological polar surface area (TPSA) is 120 Å². The third kappa shape index (κ3) is 9.87. The number of nitrogens with zero attached hydrogens (tertiary/aromatic N) is 7. The summed E-state index contributed by atoms with van der Waals surface area (Å²) < 4.78 is 6.80. The van der Waals surface area contributed by atoms with E-state index in [0.717, 1.165) is 64.1 Å². The summed E-state index contributed by atoms with van der Waals surface area (Å²) >= 11 is 0. The molecule has 3 aromatic rings. The van der Waals surface area contributed by atoms with Crippen molar-refractivity contribution in [2.24, 2.45) is 12.2 Å². The molecule has 1 aliphatic carbocycles. The van der Waals surface area contributed by atoms with Crippen molar-refractivity contribution in [3.8, 4) is 12.1 Å². The van der Waals surface area contributed by atoms with Gasteiger partial charge in [-0.15, -0.1) is 0 Å². The van der Waals surface area contributed by atoms with Crippen molar-refractivity contribution in [1.82, 2.24) is 14.5 Å². The van der Waals surface area contributed by atoms with Crippen LogP contribution in [-0.4, -0.2) is 65.7 Å². The number of pyridine rings is 2. The number of hydrogen-bond acceptors (Lipinski definition) is 9. The van der Waals surface area contributed by atoms with Crippen LogP contribution in [0.2, 0.25) is 0 Å². The maximum absolute atomic E-state index is 12.6. The van der Waals surface area contributed by atoms with Crippen molar-refractivity contribution < 1.29 is 9.57 Å². The van der Waals surface area contributed by atoms with E-state index in [2.05, 4.69) is 39.3 Å². The van der Waals surface area contributed by atoms with Crippen molar-refractivity contribution in [1.29, 1.82) is 10.5 Å². The number of anilines is 1. The normalized spacial score (nSPS) is 15.6. The predicted molar refractivity (Wildman–Crippen MR) is 184 cm³/mol. The highest BCUT2D eigenvalue weighted by Crippen LogP contribution is 2.32. The van der Waals surface area contributed by atoms with Gasteiger partial charge in [-0.25, -0.2) is 4.98 Å². The molecule has 0 radical (unpaired) electrons. The third-order valence-electron chi connectivity index (χ3n) is 7.91. The van der Waals surface area contributed by atoms with Gasteiger partial charge in [0.05, 0.1) is 30.6 Å². The lowest BCUT2D eigenvalue weighted by molar-refractivity contribution is 0.00199. The summed E-state index contributed by atoms with van der Waals surface area (Å²) in [6.07, 6.45) is 7.37. The summed E-state index contributed by atoms with van der Waals surface area (Å²) in [5.74, 6) is 0. The van der Waals surface area contributed by atoms with Gasteiger partial charge in [-0.1, -0.05) is 56.5 Å². The molecule has 10 nitrogen and oxygen atoms in total. The van der Waals surface area contributed by atoms with Crippen LogP contribution in [0.15, 0.2) is 46.3 Å². The van der Waals surface area contributed by atoms with Crippen LogP contribution in [-0.2, 0) is 23.2 Å². The lowest BCUT2D eigenvalue weighted by Gasteiger charge is -2.33. The van der Waals surface area contributed by atoms with Crippen LogP contribution in [0.1, 0.15) is 89.1 Å². The Morgan fingerprint density at radius 3 is 2.41 bits per heavy atom. The quantitative estimate of drug-likeness (QED) is 0.236. The zero-order valence-corrected chi connectivity index (χ0v) is 28.5. The molecule has 1 aliphatic heterocycles. The second-order valence-corrected chi connectivity index (χ2v) is 12.4. The summed E-state index contributed by atoms with van der Waals surface area (Å²) in [5, 5.41) is 22.8. The Kier molecular flexibility index (Phi) is 13.7. The van der Waals surface area contributed by atoms with Gasteiger partial charge in [0, 0.05) is 39.8 Å². The molecule has 0 atom stereocenters. The number of benzene rings is 1. The molecule has 0 spiro atoms. The van der Waals surface area contributed by atoms with Gasteiger partial charge in [0.1, 0.15) is 34.5 Å². The lowest BCUT2D eigenvalue weighted by Crippen LogP contribution is -2.36. The molecule has 10 heteroatoms. The second kappa shape index (κ2) is 17.4. The largest absolute Gasteiger partial charge is 0.390 e. The first-order valence-corrected chi connectivity index (χ1v) is 16.3. The van der Waals surface area contributed by atoms with Gasteiger partial charge < -0.3 is 19.0 Å². The fourth-order valence-corrected chi connectivity index (χ4v) is 5.59. The van der Waals surface area contributed by atoms with Gasteiger partial charge in [-0.3, -0.25) is 9.69 Å². The van der Waals surface area contributed by atoms with Crippen molar-refractivity contribution >= 4 is 22.9 Å². The van der Waals surface area contributed by atoms with Crippen LogP contribution in [0, 0.1) is 22.7 Å². The summed E-state index contributed by atoms with van der Waals surface area (Å²) in [4.78, 5) is 26.8. The highest BCUT2D eigenvalue weighted by atomic mass is 16.6. The SMILES string of the molecule is CC.CC(C)(C)O/N=C\c1cccc(CN2CCOCC2)c1.CN(c1c(C#N)c(=O)n(C)c2ccc(C#N)nc12)C1CCCCC1. The second-order valence-electron chi connectivity index (χ2n) is 12.4. The van der Waals surface area contributed by atoms with Gasteiger partial charge in [0.2, 0.25) is 0 Å². The number of aromatic nitrogens is 2. The molecule has 0 bridgehead atoms. The molecule has 2 fully saturated rings. The number of rotatable bonds is 6. The molecule has 1 saturated heterocycles. The minimum absolute atomic E-state index is 0.0978. The molecule has 3 heterocycles. The van der Waals surface area contributed by atoms with E-state index in [4.69, 9.17) is 14.8 Å². The van der Waals surface area contributed by atoms with Crippen molar-refractivity contribution in [2.75, 3.05) is 38.3 Å². The van der Waals surface area contributed by atoms with Crippen LogP contribution in [0.5, 0.6) is 0 Å². The Labute approximate surface area is 273 Å². The number of fused-ring (bicyclic) bond motifs is 1. The van der Waals surface area contributed by atoms with E-state index in [-0.39, 0.29) is 28.5 Å². The smallest absolute Gasteiger partial charge is 0.270 e. The van der Waals surface area contributed by atoms with Crippen molar-refractivity contribution in [3.63, 3.8) is 0 Å². The Bertz CT molecular complexity index is 1600. The number of hydrogen-bond donors (Lipinski definition) is 0. The van der Waals surface area contributed by atoms with Gasteiger partial charge in [0.25, 0.3) is 5.56 Å². The number of aryl methyl sites for hydroxylation is 1. The molecule has 246 valence electrons. The van der Waals surface area contributed by atoms with Crippen molar-refractivity contribution in [2.45, 2.75) is 84.9 Å². The molecular weight excluding hydrogens is 578 g/mol. The lowest BCUT2D eigenvalue weighted by atomic mass is 9.93. The van der Waals surface area contributed by atoms with E-state index in [0.29, 0.717) is 16.7 Å². The third-order valence-corrected chi connectivity index (χ3v) is 7.91. The Balaban J connectivity index is 0.000000241. The first kappa shape index (κ1) is 36.2. The van der Waals surface area contributed by atoms with Crippen LogP contribution in [0.25, 0.3) is 11.0 Å². The highest BCUT2D eigenvalue weighted by Gasteiger charge is 2.26. The highest BCUT2D eigenvalue weighted by molar-refractivity contribution is 5.92. The summed E-state index contributed by atoms with van der Waals surface area (Å²) in [6, 6.07) is 16.1. The molecule has 5 rings (SSSR count). The number of oxime groups is 1. The Morgan fingerprint density at radius 2 is 1.78 bits per heavy atom. The predicted octanol–water partition coefficient (Wildman–Crippen LogP) is 6.14. The van der Waals surface area contributed by atoms with E-state index in [1.54, 1.807) is 25.4 Å². The first-order chi connectivity index (χ1) is 22.1. The van der Waals surface area contributed by atoms with Gasteiger partial charge in [-0.05, 0) is 62.9 Å². The van der Waals surface area contributed by atoms with E-state index < -0.39 is 0 Å². The number of nitriles is 2. The van der Waals surface area contributed by atoms with Crippen LogP contribution >= 0.6 is 0 Å². The fourth-order valence-electron chi connectivity index (χ4n) is 5.59. The maximum atomic E-state index is 12.6. The minimum atomic E-state index is -0.325. The standard InChI is InChI=1S/C18H19N5O.C16H24N2O2.C2H6/c1-22(13-6-4-3-5-7-13)17-14(11-20)18(24)23(2)15-9-8-12(10-19)21-16(15)17;1-16(2,3)20-17-12-14-5-4-6-15(11-14)13-18-7-9-19-10-8-18;1-2/h8-9,13H,3-7H2,1-2H3;4-6,11-12H,7-10,13H2,1-3H3;1-2H3/b;17-12-;. The van der Waals surface area contributed by atoms with Gasteiger partial charge in [0.15, 0.2) is 0 Å². The van der Waals surface area contributed by atoms with Crippen molar-refractivity contribution in [3.05, 3.63) is 69.1 Å². The van der Waals surface area contributed by atoms with Crippen LogP contribution < -0.4 is 10.5 Å². The van der Waals surface area contributed by atoms with E-state index in [9.17, 15) is 10.1 Å². The van der Waals surface area contributed by atoms with E-state index >= 15 is 0 Å². The molecule has 0 amide bonds. The fraction of sp³-hybridized carbons (Fsp3) is 0.528. The Hall–Kier alpha value is -4.25. The molecule has 1 aromatic carbocycles.